The van der Waals surface area contributed by atoms with E-state index in [2.05, 4.69) is 45.9 Å². The van der Waals surface area contributed by atoms with Crippen molar-refractivity contribution in [2.45, 2.75) is 52.4 Å². The fourth-order valence-corrected chi connectivity index (χ4v) is 2.72. The Kier molecular flexibility index (Phi) is 3.91. The molecule has 0 atom stereocenters. The maximum atomic E-state index is 5.74. The van der Waals surface area contributed by atoms with Crippen LogP contribution in [0.15, 0.2) is 18.2 Å². The molecule has 2 rings (SSSR count). The molecule has 1 heterocycles. The molecule has 0 radical (unpaired) electrons. The maximum absolute atomic E-state index is 5.74. The van der Waals surface area contributed by atoms with Crippen LogP contribution < -0.4 is 10.5 Å². The van der Waals surface area contributed by atoms with E-state index in [1.807, 2.05) is 0 Å². The third-order valence-corrected chi connectivity index (χ3v) is 4.27. The van der Waals surface area contributed by atoms with E-state index in [4.69, 9.17) is 10.5 Å². The van der Waals surface area contributed by atoms with Crippen molar-refractivity contribution in [2.75, 3.05) is 13.2 Å². The smallest absolute Gasteiger partial charge is 0.123 e. The summed E-state index contributed by atoms with van der Waals surface area (Å²) in [5.41, 5.74) is 8.94. The summed E-state index contributed by atoms with van der Waals surface area (Å²) in [6, 6.07) is 6.68. The van der Waals surface area contributed by atoms with Gasteiger partial charge < -0.3 is 10.5 Å². The van der Waals surface area contributed by atoms with Crippen LogP contribution in [0.1, 0.15) is 51.7 Å². The predicted molar refractivity (Wildman–Crippen MR) is 80.7 cm³/mol. The van der Waals surface area contributed by atoms with Crippen LogP contribution in [0.5, 0.6) is 5.75 Å². The molecule has 0 bridgehead atoms. The van der Waals surface area contributed by atoms with Gasteiger partial charge in [0.1, 0.15) is 5.75 Å². The lowest BCUT2D eigenvalue weighted by atomic mass is 9.81. The van der Waals surface area contributed by atoms with Crippen LogP contribution in [0.2, 0.25) is 0 Å². The van der Waals surface area contributed by atoms with E-state index in [1.165, 1.54) is 17.5 Å². The molecule has 0 aliphatic carbocycles. The van der Waals surface area contributed by atoms with Gasteiger partial charge >= 0.3 is 0 Å². The molecule has 19 heavy (non-hydrogen) atoms. The van der Waals surface area contributed by atoms with Crippen LogP contribution in [0.3, 0.4) is 0 Å². The molecule has 0 saturated heterocycles. The number of hydrogen-bond acceptors (Lipinski definition) is 2. The number of fused-ring (bicyclic) bond motifs is 1. The first-order valence-electron chi connectivity index (χ1n) is 7.30. The van der Waals surface area contributed by atoms with Crippen molar-refractivity contribution >= 4 is 0 Å². The minimum absolute atomic E-state index is 0.151. The van der Waals surface area contributed by atoms with Crippen molar-refractivity contribution in [1.82, 2.24) is 0 Å². The van der Waals surface area contributed by atoms with Gasteiger partial charge in [-0.05, 0) is 42.9 Å². The molecule has 106 valence electrons. The highest BCUT2D eigenvalue weighted by atomic mass is 16.5. The van der Waals surface area contributed by atoms with Crippen molar-refractivity contribution in [3.05, 3.63) is 29.3 Å². The van der Waals surface area contributed by atoms with Crippen LogP contribution in [0.4, 0.5) is 0 Å². The monoisotopic (exact) mass is 261 g/mol. The van der Waals surface area contributed by atoms with Gasteiger partial charge in [-0.25, -0.2) is 0 Å². The lowest BCUT2D eigenvalue weighted by Crippen LogP contribution is -2.19. The predicted octanol–water partition coefficient (Wildman–Crippen LogP) is 3.66. The summed E-state index contributed by atoms with van der Waals surface area (Å²) in [6.07, 6.45) is 3.40. The number of benzene rings is 1. The second-order valence-corrected chi connectivity index (χ2v) is 7.21. The van der Waals surface area contributed by atoms with Crippen LogP contribution in [-0.2, 0) is 11.8 Å². The van der Waals surface area contributed by atoms with E-state index in [9.17, 15) is 0 Å². The van der Waals surface area contributed by atoms with Crippen molar-refractivity contribution in [3.8, 4) is 5.75 Å². The Morgan fingerprint density at radius 3 is 2.68 bits per heavy atom. The van der Waals surface area contributed by atoms with E-state index in [0.717, 1.165) is 31.7 Å². The molecular formula is C17H27NO. The van der Waals surface area contributed by atoms with Gasteiger partial charge in [-0.15, -0.1) is 0 Å². The quantitative estimate of drug-likeness (QED) is 0.878. The van der Waals surface area contributed by atoms with Crippen molar-refractivity contribution in [2.24, 2.45) is 11.1 Å². The average Bonchev–Trinajstić information content (AvgIpc) is 2.63. The molecule has 2 heteroatoms. The summed E-state index contributed by atoms with van der Waals surface area (Å²) in [5.74, 6) is 1.06. The van der Waals surface area contributed by atoms with E-state index < -0.39 is 0 Å². The van der Waals surface area contributed by atoms with E-state index in [-0.39, 0.29) is 5.41 Å². The van der Waals surface area contributed by atoms with Crippen molar-refractivity contribution < 1.29 is 4.74 Å². The molecule has 0 aromatic heterocycles. The molecule has 0 saturated carbocycles. The van der Waals surface area contributed by atoms with Crippen molar-refractivity contribution in [1.29, 1.82) is 0 Å². The fourth-order valence-electron chi connectivity index (χ4n) is 2.72. The first kappa shape index (κ1) is 14.4. The van der Waals surface area contributed by atoms with Crippen LogP contribution >= 0.6 is 0 Å². The number of nitrogens with two attached hydrogens (primary N) is 1. The van der Waals surface area contributed by atoms with Crippen LogP contribution in [0, 0.1) is 5.41 Å². The Morgan fingerprint density at radius 2 is 2.00 bits per heavy atom. The lowest BCUT2D eigenvalue weighted by molar-refractivity contribution is 0.291. The van der Waals surface area contributed by atoms with Gasteiger partial charge in [0.05, 0.1) is 6.61 Å². The fraction of sp³-hybridized carbons (Fsp3) is 0.647. The first-order valence-corrected chi connectivity index (χ1v) is 7.30. The zero-order valence-corrected chi connectivity index (χ0v) is 12.8. The zero-order chi connectivity index (χ0) is 14.1. The summed E-state index contributed by atoms with van der Waals surface area (Å²) < 4.78 is 5.74. The minimum atomic E-state index is 0.151. The third-order valence-electron chi connectivity index (χ3n) is 4.27. The second-order valence-electron chi connectivity index (χ2n) is 7.21. The molecule has 1 aliphatic rings. The number of hydrogen-bond donors (Lipinski definition) is 1. The molecule has 1 aromatic rings. The lowest BCUT2D eigenvalue weighted by Gasteiger charge is -2.24. The average molecular weight is 261 g/mol. The molecule has 0 spiro atoms. The van der Waals surface area contributed by atoms with Gasteiger partial charge in [-0.1, -0.05) is 39.8 Å². The largest absolute Gasteiger partial charge is 0.492 e. The number of aryl methyl sites for hydroxylation is 1. The summed E-state index contributed by atoms with van der Waals surface area (Å²) in [4.78, 5) is 0. The molecule has 2 N–H and O–H groups in total. The van der Waals surface area contributed by atoms with Crippen molar-refractivity contribution in [3.63, 3.8) is 0 Å². The van der Waals surface area contributed by atoms with Gasteiger partial charge in [0.15, 0.2) is 0 Å². The Labute approximate surface area is 117 Å². The first-order chi connectivity index (χ1) is 8.84. The second kappa shape index (κ2) is 5.16. The molecule has 0 fully saturated rings. The topological polar surface area (TPSA) is 35.2 Å². The highest BCUT2D eigenvalue weighted by molar-refractivity contribution is 5.45. The van der Waals surface area contributed by atoms with E-state index in [0.29, 0.717) is 5.41 Å². The summed E-state index contributed by atoms with van der Waals surface area (Å²) in [6.45, 7) is 10.7. The summed E-state index contributed by atoms with van der Waals surface area (Å²) in [7, 11) is 0. The van der Waals surface area contributed by atoms with Crippen LogP contribution in [-0.4, -0.2) is 13.2 Å². The Morgan fingerprint density at radius 1 is 1.26 bits per heavy atom. The van der Waals surface area contributed by atoms with Gasteiger partial charge in [0.2, 0.25) is 0 Å². The number of rotatable bonds is 5. The molecule has 0 unspecified atom stereocenters. The van der Waals surface area contributed by atoms with Gasteiger partial charge in [-0.2, -0.15) is 0 Å². The SMILES string of the molecule is CC(C)(CCN)CCc1ccc2c(c1)C(C)(C)CO2. The van der Waals surface area contributed by atoms with E-state index >= 15 is 0 Å². The molecule has 0 amide bonds. The summed E-state index contributed by atoms with van der Waals surface area (Å²) in [5, 5.41) is 0. The zero-order valence-electron chi connectivity index (χ0n) is 12.8. The molecule has 1 aromatic carbocycles. The Bertz CT molecular complexity index is 449. The maximum Gasteiger partial charge on any atom is 0.123 e. The standard InChI is InChI=1S/C17H27NO/c1-16(2,9-10-18)8-7-13-5-6-15-14(11-13)17(3,4)12-19-15/h5-6,11H,7-10,12,18H2,1-4H3. The number of ether oxygens (including phenoxy) is 1. The van der Waals surface area contributed by atoms with Gasteiger partial charge in [-0.3, -0.25) is 0 Å². The van der Waals surface area contributed by atoms with Crippen LogP contribution in [0.25, 0.3) is 0 Å². The third kappa shape index (κ3) is 3.30. The normalized spacial score (nSPS) is 17.1. The minimum Gasteiger partial charge on any atom is -0.492 e. The molecular weight excluding hydrogens is 234 g/mol. The molecule has 1 aliphatic heterocycles. The Hall–Kier alpha value is -1.02. The summed E-state index contributed by atoms with van der Waals surface area (Å²) >= 11 is 0. The highest BCUT2D eigenvalue weighted by Gasteiger charge is 2.31. The van der Waals surface area contributed by atoms with Gasteiger partial charge in [0, 0.05) is 11.0 Å². The van der Waals surface area contributed by atoms with Gasteiger partial charge in [0.25, 0.3) is 0 Å². The highest BCUT2D eigenvalue weighted by Crippen LogP contribution is 2.39. The van der Waals surface area contributed by atoms with E-state index in [1.54, 1.807) is 0 Å². The Balaban J connectivity index is 2.07. The molecule has 2 nitrogen and oxygen atoms in total.